The number of ketones is 1. The number of esters is 2. The average Bonchev–Trinajstić information content (AvgIpc) is 3.45. The highest BCUT2D eigenvalue weighted by atomic mass is 16.7. The summed E-state index contributed by atoms with van der Waals surface area (Å²) in [5, 5.41) is 23.3. The summed E-state index contributed by atoms with van der Waals surface area (Å²) >= 11 is 0. The Morgan fingerprint density at radius 2 is 1.87 bits per heavy atom. The summed E-state index contributed by atoms with van der Waals surface area (Å²) in [6.07, 6.45) is 9.14. The highest BCUT2D eigenvalue weighted by Gasteiger charge is 2.60. The second-order valence-corrected chi connectivity index (χ2v) is 15.1. The number of non-ortho nitro benzene ring substituents is 1. The third-order valence-corrected chi connectivity index (χ3v) is 11.3. The molecule has 3 fully saturated rings. The van der Waals surface area contributed by atoms with Crippen LogP contribution >= 0.6 is 0 Å². The Morgan fingerprint density at radius 3 is 2.58 bits per heavy atom. The van der Waals surface area contributed by atoms with Crippen molar-refractivity contribution in [3.8, 4) is 0 Å². The van der Waals surface area contributed by atoms with Gasteiger partial charge in [-0.2, -0.15) is 0 Å². The van der Waals surface area contributed by atoms with Crippen LogP contribution in [0.2, 0.25) is 0 Å². The van der Waals surface area contributed by atoms with Crippen LogP contribution in [0.3, 0.4) is 0 Å². The van der Waals surface area contributed by atoms with Gasteiger partial charge in [-0.25, -0.2) is 0 Å². The molecule has 12 heteroatoms. The molecule has 3 saturated heterocycles. The van der Waals surface area contributed by atoms with Crippen LogP contribution in [0.15, 0.2) is 71.4 Å². The second-order valence-electron chi connectivity index (χ2n) is 15.1. The number of aliphatic hydroxyl groups is 1. The molecule has 280 valence electrons. The van der Waals surface area contributed by atoms with E-state index in [1.807, 2.05) is 26.0 Å². The number of allylic oxidation sites excluding steroid dienone is 2. The number of benzene rings is 1. The molecule has 0 radical (unpaired) electrons. The number of nitrogens with zero attached hydrogens (tertiary/aromatic N) is 1. The number of ether oxygens (including phenoxy) is 5. The Bertz CT molecular complexity index is 1690. The molecule has 12 nitrogen and oxygen atoms in total. The normalized spacial score (nSPS) is 39.2. The van der Waals surface area contributed by atoms with Crippen LogP contribution in [0.5, 0.6) is 0 Å². The van der Waals surface area contributed by atoms with Crippen LogP contribution in [0.25, 0.3) is 0 Å². The fourth-order valence-electron chi connectivity index (χ4n) is 8.30. The first kappa shape index (κ1) is 37.8. The number of hydrogen-bond donors (Lipinski definition) is 1. The lowest BCUT2D eigenvalue weighted by Crippen LogP contribution is -2.57. The van der Waals surface area contributed by atoms with Gasteiger partial charge in [-0.15, -0.1) is 0 Å². The number of Topliss-reactive ketones (excluding diaryl/α,β-unsaturated/α-hetero) is 1. The molecule has 52 heavy (non-hydrogen) atoms. The van der Waals surface area contributed by atoms with E-state index in [0.29, 0.717) is 48.3 Å². The van der Waals surface area contributed by atoms with Gasteiger partial charge in [0.05, 0.1) is 30.2 Å². The Hall–Kier alpha value is -3.97. The Labute approximate surface area is 304 Å². The van der Waals surface area contributed by atoms with Gasteiger partial charge >= 0.3 is 11.9 Å². The van der Waals surface area contributed by atoms with Crippen LogP contribution in [-0.2, 0) is 44.5 Å². The minimum Gasteiger partial charge on any atom is -0.462 e. The van der Waals surface area contributed by atoms with Gasteiger partial charge in [0, 0.05) is 37.3 Å². The highest BCUT2D eigenvalue weighted by Crippen LogP contribution is 2.46. The molecule has 2 bridgehead atoms. The van der Waals surface area contributed by atoms with E-state index in [4.69, 9.17) is 23.7 Å². The third-order valence-electron chi connectivity index (χ3n) is 11.3. The fraction of sp³-hybridized carbons (Fsp3) is 0.575. The molecule has 0 unspecified atom stereocenters. The predicted molar refractivity (Wildman–Crippen MR) is 189 cm³/mol. The standard InChI is InChI=1S/C40H49NO11/c1-6-33-23(2)16-17-39(52-33)21-31-20-30(51-39)15-10-25(4)36(50-34(42)19-27-11-13-29(14-12-27)41(46)47)24(3)8-7-9-28-22-48-37-35(43)26(5)18-32(38(44)49-31)40(28,37)45/h7-14,18,23-24,30-33,36-37,45H,6,15-17,19-22H2,1-5H3/b8-7+,25-10+,28-9+/t23-,24-,30+,31-,32-,33+,36+,37+,39+,40+/m0/s1. The third kappa shape index (κ3) is 7.57. The molecule has 0 amide bonds. The lowest BCUT2D eigenvalue weighted by molar-refractivity contribution is -0.384. The Balaban J connectivity index is 1.35. The molecule has 1 aliphatic carbocycles. The van der Waals surface area contributed by atoms with E-state index in [1.54, 1.807) is 19.1 Å². The van der Waals surface area contributed by atoms with E-state index in [2.05, 4.69) is 13.8 Å². The van der Waals surface area contributed by atoms with E-state index in [0.717, 1.165) is 18.4 Å². The summed E-state index contributed by atoms with van der Waals surface area (Å²) in [5.41, 5.74) is 0.0441. The lowest BCUT2D eigenvalue weighted by atomic mass is 9.71. The SMILES string of the molecule is CC[C@H]1O[C@]2(CC[C@@H]1C)C[C@@H]1C[C@@H](C/C=C(\C)[C@H](OC(=O)Cc3ccc([N+](=O)[O-])cc3)[C@@H](C)/C=C/C=C3\CO[C@@H]4C(=O)C(C)=C[C@@H](C(=O)O1)[C@]34O)O2. The molecule has 1 spiro atoms. The largest absolute Gasteiger partial charge is 0.462 e. The minimum absolute atomic E-state index is 0.0223. The smallest absolute Gasteiger partial charge is 0.316 e. The maximum atomic E-state index is 14.1. The molecule has 0 saturated carbocycles. The van der Waals surface area contributed by atoms with Crippen molar-refractivity contribution < 1.29 is 48.1 Å². The maximum absolute atomic E-state index is 14.1. The molecule has 6 rings (SSSR count). The summed E-state index contributed by atoms with van der Waals surface area (Å²) in [6, 6.07) is 5.78. The summed E-state index contributed by atoms with van der Waals surface area (Å²) < 4.78 is 31.6. The molecule has 5 aliphatic rings. The molecule has 1 aromatic carbocycles. The first-order valence-electron chi connectivity index (χ1n) is 18.3. The predicted octanol–water partition coefficient (Wildman–Crippen LogP) is 5.81. The maximum Gasteiger partial charge on any atom is 0.316 e. The zero-order valence-corrected chi connectivity index (χ0v) is 30.4. The number of carbonyl (C=O) groups excluding carboxylic acids is 3. The quantitative estimate of drug-likeness (QED) is 0.169. The van der Waals surface area contributed by atoms with Gasteiger partial charge in [-0.05, 0) is 61.3 Å². The van der Waals surface area contributed by atoms with Crippen LogP contribution in [0.1, 0.15) is 78.7 Å². The average molecular weight is 720 g/mol. The van der Waals surface area contributed by atoms with Crippen molar-refractivity contribution >= 4 is 23.4 Å². The van der Waals surface area contributed by atoms with Crippen molar-refractivity contribution in [3.05, 3.63) is 87.0 Å². The summed E-state index contributed by atoms with van der Waals surface area (Å²) in [6.45, 7) is 9.59. The van der Waals surface area contributed by atoms with E-state index in [9.17, 15) is 29.6 Å². The number of hydrogen-bond acceptors (Lipinski definition) is 11. The molecule has 1 aromatic rings. The summed E-state index contributed by atoms with van der Waals surface area (Å²) in [7, 11) is 0. The van der Waals surface area contributed by atoms with Crippen molar-refractivity contribution in [2.24, 2.45) is 17.8 Å². The fourth-order valence-corrected chi connectivity index (χ4v) is 8.30. The van der Waals surface area contributed by atoms with Crippen LogP contribution in [0, 0.1) is 27.9 Å². The second kappa shape index (κ2) is 15.2. The lowest BCUT2D eigenvalue weighted by Gasteiger charge is -2.49. The van der Waals surface area contributed by atoms with E-state index >= 15 is 0 Å². The van der Waals surface area contributed by atoms with E-state index in [-0.39, 0.29) is 36.5 Å². The molecule has 10 atom stereocenters. The highest BCUT2D eigenvalue weighted by molar-refractivity contribution is 6.03. The van der Waals surface area contributed by atoms with Crippen molar-refractivity contribution in [1.29, 1.82) is 0 Å². The van der Waals surface area contributed by atoms with Crippen LogP contribution in [0.4, 0.5) is 5.69 Å². The number of nitro benzene ring substituents is 1. The first-order valence-corrected chi connectivity index (χ1v) is 18.3. The van der Waals surface area contributed by atoms with Gasteiger partial charge in [-0.3, -0.25) is 24.5 Å². The topological polar surface area (TPSA) is 161 Å². The Kier molecular flexibility index (Phi) is 11.0. The number of nitro groups is 1. The van der Waals surface area contributed by atoms with Crippen LogP contribution < -0.4 is 0 Å². The van der Waals surface area contributed by atoms with Crippen molar-refractivity contribution in [3.63, 3.8) is 0 Å². The number of carbonyl (C=O) groups is 3. The zero-order valence-electron chi connectivity index (χ0n) is 30.4. The monoisotopic (exact) mass is 719 g/mol. The molecular weight excluding hydrogens is 670 g/mol. The number of rotatable bonds is 5. The van der Waals surface area contributed by atoms with Gasteiger partial charge in [-0.1, -0.05) is 63.3 Å². The molecule has 4 aliphatic heterocycles. The van der Waals surface area contributed by atoms with Gasteiger partial charge in [0.15, 0.2) is 17.7 Å². The van der Waals surface area contributed by atoms with Crippen LogP contribution in [-0.4, -0.2) is 76.3 Å². The van der Waals surface area contributed by atoms with Gasteiger partial charge < -0.3 is 28.8 Å². The summed E-state index contributed by atoms with van der Waals surface area (Å²) in [5.74, 6) is -3.66. The van der Waals surface area contributed by atoms with Gasteiger partial charge in [0.2, 0.25) is 0 Å². The minimum atomic E-state index is -1.95. The Morgan fingerprint density at radius 1 is 1.12 bits per heavy atom. The summed E-state index contributed by atoms with van der Waals surface area (Å²) in [4.78, 5) is 51.2. The molecule has 1 N–H and O–H groups in total. The molecule has 4 heterocycles. The van der Waals surface area contributed by atoms with Gasteiger partial charge in [0.25, 0.3) is 5.69 Å². The van der Waals surface area contributed by atoms with Gasteiger partial charge in [0.1, 0.15) is 23.7 Å². The first-order chi connectivity index (χ1) is 24.7. The molecular formula is C40H49NO11. The van der Waals surface area contributed by atoms with Crippen molar-refractivity contribution in [2.75, 3.05) is 6.61 Å². The number of fused-ring (bicyclic) bond motifs is 2. The van der Waals surface area contributed by atoms with Crippen molar-refractivity contribution in [2.45, 2.75) is 121 Å². The molecule has 0 aromatic heterocycles. The van der Waals surface area contributed by atoms with E-state index < -0.39 is 58.6 Å². The zero-order chi connectivity index (χ0) is 37.4. The van der Waals surface area contributed by atoms with E-state index in [1.165, 1.54) is 30.3 Å². The van der Waals surface area contributed by atoms with Crippen molar-refractivity contribution in [1.82, 2.24) is 0 Å².